The van der Waals surface area contributed by atoms with Crippen molar-refractivity contribution in [3.8, 4) is 5.75 Å². The van der Waals surface area contributed by atoms with Gasteiger partial charge in [0.2, 0.25) is 0 Å². The van der Waals surface area contributed by atoms with E-state index in [9.17, 15) is 4.79 Å². The molecule has 1 aliphatic rings. The minimum absolute atomic E-state index is 0.0390. The largest absolute Gasteiger partial charge is 0.483 e. The number of ether oxygens (including phenoxy) is 1. The first-order valence-corrected chi connectivity index (χ1v) is 9.87. The van der Waals surface area contributed by atoms with E-state index in [1.165, 1.54) is 37.9 Å². The maximum absolute atomic E-state index is 12.1. The number of likely N-dealkylation sites (tertiary alicyclic amines) is 1. The van der Waals surface area contributed by atoms with Gasteiger partial charge in [-0.05, 0) is 68.1 Å². The van der Waals surface area contributed by atoms with E-state index < -0.39 is 0 Å². The number of rotatable bonds is 7. The monoisotopic (exact) mass is 366 g/mol. The normalized spacial score (nSPS) is 14.7. The van der Waals surface area contributed by atoms with Crippen molar-refractivity contribution < 1.29 is 9.53 Å². The standard InChI is InChI=1S/C23H30N2O2/c1-18-6-7-19(2)22(14-18)27-17-23(26)24-15-20-8-10-21(11-9-20)16-25-12-4-3-5-13-25/h6-11,14H,3-5,12-13,15-17H2,1-2H3,(H,24,26). The fraction of sp³-hybridized carbons (Fsp3) is 0.435. The van der Waals surface area contributed by atoms with Crippen LogP contribution in [-0.2, 0) is 17.9 Å². The number of aryl methyl sites for hydroxylation is 2. The molecule has 1 aliphatic heterocycles. The average molecular weight is 367 g/mol. The first-order chi connectivity index (χ1) is 13.1. The van der Waals surface area contributed by atoms with Crippen LogP contribution in [0.2, 0.25) is 0 Å². The Bertz CT molecular complexity index is 749. The molecule has 4 nitrogen and oxygen atoms in total. The zero-order chi connectivity index (χ0) is 19.1. The molecule has 1 saturated heterocycles. The zero-order valence-electron chi connectivity index (χ0n) is 16.5. The van der Waals surface area contributed by atoms with Crippen LogP contribution in [0.1, 0.15) is 41.5 Å². The highest BCUT2D eigenvalue weighted by Crippen LogP contribution is 2.19. The number of benzene rings is 2. The van der Waals surface area contributed by atoms with Crippen LogP contribution in [-0.4, -0.2) is 30.5 Å². The van der Waals surface area contributed by atoms with E-state index in [1.54, 1.807) is 0 Å². The lowest BCUT2D eigenvalue weighted by Crippen LogP contribution is -2.29. The summed E-state index contributed by atoms with van der Waals surface area (Å²) in [6.07, 6.45) is 3.99. The van der Waals surface area contributed by atoms with E-state index in [0.717, 1.165) is 29.0 Å². The summed E-state index contributed by atoms with van der Waals surface area (Å²) < 4.78 is 5.65. The van der Waals surface area contributed by atoms with Crippen molar-refractivity contribution >= 4 is 5.91 Å². The quantitative estimate of drug-likeness (QED) is 0.806. The lowest BCUT2D eigenvalue weighted by atomic mass is 10.1. The van der Waals surface area contributed by atoms with E-state index in [-0.39, 0.29) is 12.5 Å². The predicted molar refractivity (Wildman–Crippen MR) is 109 cm³/mol. The van der Waals surface area contributed by atoms with Gasteiger partial charge in [0.1, 0.15) is 5.75 Å². The van der Waals surface area contributed by atoms with Crippen LogP contribution in [0.5, 0.6) is 5.75 Å². The van der Waals surface area contributed by atoms with Gasteiger partial charge in [-0.15, -0.1) is 0 Å². The van der Waals surface area contributed by atoms with Crippen molar-refractivity contribution in [3.05, 3.63) is 64.7 Å². The summed E-state index contributed by atoms with van der Waals surface area (Å²) >= 11 is 0. The number of piperidine rings is 1. The molecule has 0 unspecified atom stereocenters. The van der Waals surface area contributed by atoms with Gasteiger partial charge in [-0.3, -0.25) is 9.69 Å². The van der Waals surface area contributed by atoms with Gasteiger partial charge < -0.3 is 10.1 Å². The Morgan fingerprint density at radius 3 is 2.44 bits per heavy atom. The molecule has 144 valence electrons. The molecule has 0 radical (unpaired) electrons. The number of amides is 1. The molecule has 1 amide bonds. The molecular formula is C23H30N2O2. The van der Waals surface area contributed by atoms with Crippen molar-refractivity contribution in [2.45, 2.75) is 46.2 Å². The summed E-state index contributed by atoms with van der Waals surface area (Å²) in [5.41, 5.74) is 4.61. The van der Waals surface area contributed by atoms with E-state index in [2.05, 4.69) is 34.5 Å². The fourth-order valence-electron chi connectivity index (χ4n) is 3.40. The van der Waals surface area contributed by atoms with Crippen LogP contribution in [0.15, 0.2) is 42.5 Å². The highest BCUT2D eigenvalue weighted by molar-refractivity contribution is 5.77. The van der Waals surface area contributed by atoms with Gasteiger partial charge in [0.15, 0.2) is 6.61 Å². The summed E-state index contributed by atoms with van der Waals surface area (Å²) in [5.74, 6) is 0.667. The van der Waals surface area contributed by atoms with Crippen LogP contribution in [0.4, 0.5) is 0 Å². The second-order valence-corrected chi connectivity index (χ2v) is 7.49. The predicted octanol–water partition coefficient (Wildman–Crippen LogP) is 3.98. The molecule has 0 aliphatic carbocycles. The number of carbonyl (C=O) groups excluding carboxylic acids is 1. The van der Waals surface area contributed by atoms with Gasteiger partial charge in [0.25, 0.3) is 5.91 Å². The van der Waals surface area contributed by atoms with Gasteiger partial charge >= 0.3 is 0 Å². The topological polar surface area (TPSA) is 41.6 Å². The van der Waals surface area contributed by atoms with Crippen LogP contribution in [0.3, 0.4) is 0 Å². The van der Waals surface area contributed by atoms with Crippen molar-refractivity contribution in [2.75, 3.05) is 19.7 Å². The summed E-state index contributed by atoms with van der Waals surface area (Å²) in [7, 11) is 0. The Hall–Kier alpha value is -2.33. The number of carbonyl (C=O) groups is 1. The van der Waals surface area contributed by atoms with Gasteiger partial charge in [0, 0.05) is 13.1 Å². The minimum atomic E-state index is -0.103. The lowest BCUT2D eigenvalue weighted by Gasteiger charge is -2.26. The van der Waals surface area contributed by atoms with E-state index in [0.29, 0.717) is 6.54 Å². The highest BCUT2D eigenvalue weighted by Gasteiger charge is 2.10. The van der Waals surface area contributed by atoms with Gasteiger partial charge in [-0.25, -0.2) is 0 Å². The number of nitrogens with zero attached hydrogens (tertiary/aromatic N) is 1. The molecule has 0 saturated carbocycles. The number of hydrogen-bond acceptors (Lipinski definition) is 3. The fourth-order valence-corrected chi connectivity index (χ4v) is 3.40. The zero-order valence-corrected chi connectivity index (χ0v) is 16.5. The molecule has 0 aromatic heterocycles. The van der Waals surface area contributed by atoms with Gasteiger partial charge in [0.05, 0.1) is 0 Å². The minimum Gasteiger partial charge on any atom is -0.483 e. The highest BCUT2D eigenvalue weighted by atomic mass is 16.5. The molecule has 1 heterocycles. The number of nitrogens with one attached hydrogen (secondary N) is 1. The maximum atomic E-state index is 12.1. The molecule has 1 N–H and O–H groups in total. The molecule has 4 heteroatoms. The lowest BCUT2D eigenvalue weighted by molar-refractivity contribution is -0.123. The molecule has 1 fully saturated rings. The first kappa shape index (κ1) is 19.4. The van der Waals surface area contributed by atoms with Crippen molar-refractivity contribution in [2.24, 2.45) is 0 Å². The molecule has 2 aromatic carbocycles. The second-order valence-electron chi connectivity index (χ2n) is 7.49. The van der Waals surface area contributed by atoms with Crippen molar-refractivity contribution in [1.82, 2.24) is 10.2 Å². The van der Waals surface area contributed by atoms with E-state index >= 15 is 0 Å². The molecule has 3 rings (SSSR count). The van der Waals surface area contributed by atoms with E-state index in [4.69, 9.17) is 4.74 Å². The summed E-state index contributed by atoms with van der Waals surface area (Å²) in [5, 5.41) is 2.93. The van der Waals surface area contributed by atoms with Gasteiger partial charge in [-0.1, -0.05) is 42.8 Å². The Morgan fingerprint density at radius 2 is 1.70 bits per heavy atom. The van der Waals surface area contributed by atoms with Crippen molar-refractivity contribution in [1.29, 1.82) is 0 Å². The smallest absolute Gasteiger partial charge is 0.258 e. The maximum Gasteiger partial charge on any atom is 0.258 e. The SMILES string of the molecule is Cc1ccc(C)c(OCC(=O)NCc2ccc(CN3CCCCC3)cc2)c1. The summed E-state index contributed by atoms with van der Waals surface area (Å²) in [6.45, 7) is 8.00. The van der Waals surface area contributed by atoms with Crippen LogP contribution in [0.25, 0.3) is 0 Å². The summed E-state index contributed by atoms with van der Waals surface area (Å²) in [6, 6.07) is 14.6. The molecule has 0 spiro atoms. The third-order valence-electron chi connectivity index (χ3n) is 5.07. The molecular weight excluding hydrogens is 336 g/mol. The third-order valence-corrected chi connectivity index (χ3v) is 5.07. The first-order valence-electron chi connectivity index (χ1n) is 9.87. The molecule has 27 heavy (non-hydrogen) atoms. The van der Waals surface area contributed by atoms with Crippen molar-refractivity contribution in [3.63, 3.8) is 0 Å². The summed E-state index contributed by atoms with van der Waals surface area (Å²) in [4.78, 5) is 14.6. The van der Waals surface area contributed by atoms with E-state index in [1.807, 2.05) is 32.0 Å². The molecule has 2 aromatic rings. The third kappa shape index (κ3) is 6.10. The van der Waals surface area contributed by atoms with Gasteiger partial charge in [-0.2, -0.15) is 0 Å². The molecule has 0 bridgehead atoms. The van der Waals surface area contributed by atoms with Crippen LogP contribution >= 0.6 is 0 Å². The average Bonchev–Trinajstić information content (AvgIpc) is 2.69. The number of hydrogen-bond donors (Lipinski definition) is 1. The Morgan fingerprint density at radius 1 is 1.00 bits per heavy atom. The Labute approximate surface area is 162 Å². The Kier molecular flexibility index (Phi) is 6.88. The van der Waals surface area contributed by atoms with Crippen LogP contribution < -0.4 is 10.1 Å². The molecule has 0 atom stereocenters. The van der Waals surface area contributed by atoms with Crippen LogP contribution in [0, 0.1) is 13.8 Å². The Balaban J connectivity index is 1.42. The second kappa shape index (κ2) is 9.56.